The fraction of sp³-hybridized carbons (Fsp3) is 0.364. The summed E-state index contributed by atoms with van der Waals surface area (Å²) in [4.78, 5) is 5.70. The summed E-state index contributed by atoms with van der Waals surface area (Å²) < 4.78 is 0.645. The van der Waals surface area contributed by atoms with Crippen molar-refractivity contribution >= 4 is 34.3 Å². The van der Waals surface area contributed by atoms with Gasteiger partial charge < -0.3 is 0 Å². The molecule has 0 amide bonds. The minimum absolute atomic E-state index is 0.638. The number of hydrogen-bond donors (Lipinski definition) is 0. The Bertz CT molecular complexity index is 431. The van der Waals surface area contributed by atoms with Gasteiger partial charge in [0, 0.05) is 15.8 Å². The van der Waals surface area contributed by atoms with Crippen LogP contribution in [-0.4, -0.2) is 4.98 Å². The highest BCUT2D eigenvalue weighted by Gasteiger charge is 2.13. The maximum Gasteiger partial charge on any atom is 0.184 e. The van der Waals surface area contributed by atoms with Crippen LogP contribution in [0.5, 0.6) is 0 Å². The molecule has 15 heavy (non-hydrogen) atoms. The maximum atomic E-state index is 5.98. The van der Waals surface area contributed by atoms with E-state index in [4.69, 9.17) is 11.6 Å². The highest BCUT2D eigenvalue weighted by molar-refractivity contribution is 7.16. The van der Waals surface area contributed by atoms with Crippen molar-refractivity contribution < 1.29 is 0 Å². The number of hydrogen-bond acceptors (Lipinski definition) is 3. The molecule has 4 heteroatoms. The van der Waals surface area contributed by atoms with Crippen molar-refractivity contribution in [1.29, 1.82) is 0 Å². The Morgan fingerprint density at radius 2 is 2.27 bits per heavy atom. The van der Waals surface area contributed by atoms with Crippen molar-refractivity contribution in [2.75, 3.05) is 0 Å². The predicted octanol–water partition coefficient (Wildman–Crippen LogP) is 4.72. The Hall–Kier alpha value is -0.380. The summed E-state index contributed by atoms with van der Waals surface area (Å²) in [5.74, 6) is 0.638. The minimum atomic E-state index is 0.638. The normalized spacial score (nSPS) is 11.2. The number of nitrogens with zero attached hydrogens (tertiary/aromatic N) is 1. The standard InChI is InChI=1S/C11H12ClNS2/c1-7(2)5-9-10(13-11(12)15-9)8-3-4-14-6-8/h3-4,6-7H,5H2,1-2H3. The molecule has 0 fully saturated rings. The Labute approximate surface area is 103 Å². The number of thiophene rings is 1. The van der Waals surface area contributed by atoms with Gasteiger partial charge in [0.05, 0.1) is 5.69 Å². The van der Waals surface area contributed by atoms with Crippen molar-refractivity contribution in [3.05, 3.63) is 26.2 Å². The van der Waals surface area contributed by atoms with E-state index >= 15 is 0 Å². The van der Waals surface area contributed by atoms with Gasteiger partial charge in [-0.1, -0.05) is 25.4 Å². The fourth-order valence-electron chi connectivity index (χ4n) is 1.46. The Morgan fingerprint density at radius 1 is 1.47 bits per heavy atom. The summed E-state index contributed by atoms with van der Waals surface area (Å²) in [6.45, 7) is 4.43. The molecule has 2 rings (SSSR count). The number of aromatic nitrogens is 1. The molecule has 0 aliphatic rings. The smallest absolute Gasteiger partial charge is 0.184 e. The van der Waals surface area contributed by atoms with E-state index < -0.39 is 0 Å². The third-order valence-electron chi connectivity index (χ3n) is 2.06. The molecule has 80 valence electrons. The maximum absolute atomic E-state index is 5.98. The summed E-state index contributed by atoms with van der Waals surface area (Å²) in [6, 6.07) is 2.10. The van der Waals surface area contributed by atoms with E-state index in [0.717, 1.165) is 12.1 Å². The second kappa shape index (κ2) is 4.64. The molecule has 0 N–H and O–H groups in total. The van der Waals surface area contributed by atoms with Gasteiger partial charge in [-0.25, -0.2) is 4.98 Å². The van der Waals surface area contributed by atoms with Crippen molar-refractivity contribution in [1.82, 2.24) is 4.98 Å². The van der Waals surface area contributed by atoms with Gasteiger partial charge in [-0.05, 0) is 23.8 Å². The average Bonchev–Trinajstić information content (AvgIpc) is 2.72. The van der Waals surface area contributed by atoms with Crippen LogP contribution in [0.1, 0.15) is 18.7 Å². The molecular weight excluding hydrogens is 246 g/mol. The van der Waals surface area contributed by atoms with Crippen LogP contribution >= 0.6 is 34.3 Å². The van der Waals surface area contributed by atoms with Crippen LogP contribution < -0.4 is 0 Å². The van der Waals surface area contributed by atoms with Gasteiger partial charge in [-0.3, -0.25) is 0 Å². The monoisotopic (exact) mass is 257 g/mol. The highest BCUT2D eigenvalue weighted by Crippen LogP contribution is 2.33. The predicted molar refractivity (Wildman–Crippen MR) is 69.0 cm³/mol. The van der Waals surface area contributed by atoms with Gasteiger partial charge in [0.2, 0.25) is 0 Å². The van der Waals surface area contributed by atoms with E-state index in [2.05, 4.69) is 35.7 Å². The lowest BCUT2D eigenvalue weighted by molar-refractivity contribution is 0.654. The summed E-state index contributed by atoms with van der Waals surface area (Å²) in [6.07, 6.45) is 1.05. The topological polar surface area (TPSA) is 12.9 Å². The molecule has 2 aromatic heterocycles. The molecular formula is C11H12ClNS2. The quantitative estimate of drug-likeness (QED) is 0.775. The molecule has 0 saturated heterocycles. The zero-order valence-corrected chi connectivity index (χ0v) is 11.0. The zero-order chi connectivity index (χ0) is 10.8. The van der Waals surface area contributed by atoms with Crippen LogP contribution in [0.3, 0.4) is 0 Å². The lowest BCUT2D eigenvalue weighted by Gasteiger charge is -2.03. The molecule has 0 aromatic carbocycles. The molecule has 2 aromatic rings. The van der Waals surface area contributed by atoms with Crippen LogP contribution in [-0.2, 0) is 6.42 Å². The van der Waals surface area contributed by atoms with Crippen molar-refractivity contribution in [3.8, 4) is 11.3 Å². The third-order valence-corrected chi connectivity index (χ3v) is 3.92. The first-order chi connectivity index (χ1) is 7.16. The van der Waals surface area contributed by atoms with E-state index in [1.807, 2.05) is 0 Å². The lowest BCUT2D eigenvalue weighted by atomic mass is 10.1. The van der Waals surface area contributed by atoms with Gasteiger partial charge >= 0.3 is 0 Å². The van der Waals surface area contributed by atoms with Gasteiger partial charge in [-0.2, -0.15) is 11.3 Å². The van der Waals surface area contributed by atoms with E-state index in [0.29, 0.717) is 10.4 Å². The van der Waals surface area contributed by atoms with Crippen molar-refractivity contribution in [3.63, 3.8) is 0 Å². The van der Waals surface area contributed by atoms with Crippen molar-refractivity contribution in [2.24, 2.45) is 5.92 Å². The van der Waals surface area contributed by atoms with E-state index in [1.54, 1.807) is 22.7 Å². The summed E-state index contributed by atoms with van der Waals surface area (Å²) >= 11 is 9.27. The SMILES string of the molecule is CC(C)Cc1sc(Cl)nc1-c1ccsc1. The molecule has 0 spiro atoms. The van der Waals surface area contributed by atoms with Gasteiger partial charge in [-0.15, -0.1) is 11.3 Å². The van der Waals surface area contributed by atoms with Crippen LogP contribution in [0, 0.1) is 5.92 Å². The summed E-state index contributed by atoms with van der Waals surface area (Å²) in [5.41, 5.74) is 2.26. The van der Waals surface area contributed by atoms with Crippen molar-refractivity contribution in [2.45, 2.75) is 20.3 Å². The lowest BCUT2D eigenvalue weighted by Crippen LogP contribution is -1.93. The largest absolute Gasteiger partial charge is 0.225 e. The third kappa shape index (κ3) is 2.60. The highest BCUT2D eigenvalue weighted by atomic mass is 35.5. The van der Waals surface area contributed by atoms with E-state index in [1.165, 1.54) is 10.4 Å². The Balaban J connectivity index is 2.38. The van der Waals surface area contributed by atoms with Crippen LogP contribution in [0.15, 0.2) is 16.8 Å². The van der Waals surface area contributed by atoms with E-state index in [-0.39, 0.29) is 0 Å². The number of rotatable bonds is 3. The number of thiazole rings is 1. The Morgan fingerprint density at radius 3 is 2.87 bits per heavy atom. The van der Waals surface area contributed by atoms with Gasteiger partial charge in [0.1, 0.15) is 0 Å². The average molecular weight is 258 g/mol. The fourth-order valence-corrected chi connectivity index (χ4v) is 3.48. The van der Waals surface area contributed by atoms with Crippen LogP contribution in [0.4, 0.5) is 0 Å². The second-order valence-corrected chi connectivity index (χ2v) is 6.29. The molecule has 0 bridgehead atoms. The first-order valence-corrected chi connectivity index (χ1v) is 6.98. The second-order valence-electron chi connectivity index (χ2n) is 3.85. The first kappa shape index (κ1) is 11.1. The molecule has 0 radical (unpaired) electrons. The van der Waals surface area contributed by atoms with E-state index in [9.17, 15) is 0 Å². The van der Waals surface area contributed by atoms with Crippen LogP contribution in [0.2, 0.25) is 4.47 Å². The number of halogens is 1. The van der Waals surface area contributed by atoms with Crippen LogP contribution in [0.25, 0.3) is 11.3 Å². The first-order valence-electron chi connectivity index (χ1n) is 4.84. The molecule has 0 unspecified atom stereocenters. The minimum Gasteiger partial charge on any atom is -0.225 e. The summed E-state index contributed by atoms with van der Waals surface area (Å²) in [7, 11) is 0. The molecule has 0 aliphatic heterocycles. The molecule has 0 saturated carbocycles. The summed E-state index contributed by atoms with van der Waals surface area (Å²) in [5, 5.41) is 4.19. The molecule has 2 heterocycles. The Kier molecular flexibility index (Phi) is 3.44. The molecule has 1 nitrogen and oxygen atoms in total. The van der Waals surface area contributed by atoms with Gasteiger partial charge in [0.25, 0.3) is 0 Å². The zero-order valence-electron chi connectivity index (χ0n) is 8.66. The molecule has 0 atom stereocenters. The molecule has 0 aliphatic carbocycles. The van der Waals surface area contributed by atoms with Gasteiger partial charge in [0.15, 0.2) is 4.47 Å².